The summed E-state index contributed by atoms with van der Waals surface area (Å²) >= 11 is 1.33. The monoisotopic (exact) mass is 472 g/mol. The van der Waals surface area contributed by atoms with Crippen molar-refractivity contribution in [3.8, 4) is 23.1 Å². The molecule has 1 heterocycles. The predicted octanol–water partition coefficient (Wildman–Crippen LogP) is 6.35. The molecule has 1 aliphatic carbocycles. The fourth-order valence-electron chi connectivity index (χ4n) is 4.68. The highest BCUT2D eigenvalue weighted by Crippen LogP contribution is 2.35. The lowest BCUT2D eigenvalue weighted by Crippen LogP contribution is -2.50. The SMILES string of the molecule is CCN(CCO)C1(C#Cc2ccc3c(-c4ccc(C(F)(F)F)cc4)nsc3c2)CCCCC1. The lowest BCUT2D eigenvalue weighted by atomic mass is 9.80. The third kappa shape index (κ3) is 5.08. The van der Waals surface area contributed by atoms with E-state index in [1.807, 2.05) is 18.2 Å². The van der Waals surface area contributed by atoms with Crippen LogP contribution in [0.1, 0.15) is 50.2 Å². The largest absolute Gasteiger partial charge is 0.416 e. The van der Waals surface area contributed by atoms with Gasteiger partial charge in [0, 0.05) is 23.1 Å². The number of likely N-dealkylation sites (N-methyl/N-ethyl adjacent to an activating group) is 1. The molecule has 1 aliphatic rings. The molecule has 0 bridgehead atoms. The normalized spacial score (nSPS) is 16.1. The van der Waals surface area contributed by atoms with Gasteiger partial charge in [0.05, 0.1) is 28.1 Å². The number of aliphatic hydroxyl groups excluding tert-OH is 1. The van der Waals surface area contributed by atoms with Gasteiger partial charge in [-0.3, -0.25) is 4.90 Å². The summed E-state index contributed by atoms with van der Waals surface area (Å²) < 4.78 is 44.1. The van der Waals surface area contributed by atoms with Crippen molar-refractivity contribution >= 4 is 21.6 Å². The molecule has 0 spiro atoms. The highest BCUT2D eigenvalue weighted by atomic mass is 32.1. The molecule has 33 heavy (non-hydrogen) atoms. The topological polar surface area (TPSA) is 36.4 Å². The van der Waals surface area contributed by atoms with Gasteiger partial charge in [0.25, 0.3) is 0 Å². The van der Waals surface area contributed by atoms with E-state index in [2.05, 4.69) is 28.0 Å². The molecule has 4 rings (SSSR count). The molecule has 0 unspecified atom stereocenters. The Hall–Kier alpha value is -2.40. The van der Waals surface area contributed by atoms with Crippen LogP contribution in [0.2, 0.25) is 0 Å². The van der Waals surface area contributed by atoms with Crippen LogP contribution in [0.15, 0.2) is 42.5 Å². The predicted molar refractivity (Wildman–Crippen MR) is 127 cm³/mol. The van der Waals surface area contributed by atoms with Gasteiger partial charge in [-0.15, -0.1) is 0 Å². The molecule has 1 aromatic heterocycles. The van der Waals surface area contributed by atoms with Gasteiger partial charge in [-0.05, 0) is 55.2 Å². The summed E-state index contributed by atoms with van der Waals surface area (Å²) in [4.78, 5) is 2.30. The number of halogens is 3. The Morgan fingerprint density at radius 3 is 2.45 bits per heavy atom. The van der Waals surface area contributed by atoms with Crippen LogP contribution in [0.25, 0.3) is 21.3 Å². The average molecular weight is 473 g/mol. The van der Waals surface area contributed by atoms with Crippen LogP contribution in [0, 0.1) is 11.8 Å². The van der Waals surface area contributed by atoms with E-state index in [-0.39, 0.29) is 12.1 Å². The Morgan fingerprint density at radius 1 is 1.09 bits per heavy atom. The number of fused-ring (bicyclic) bond motifs is 1. The zero-order valence-electron chi connectivity index (χ0n) is 18.6. The molecule has 0 saturated heterocycles. The standard InChI is InChI=1S/C26H27F3N2OS/c1-2-31(16-17-32)25(13-4-3-5-14-25)15-12-19-6-11-22-23(18-19)33-30-24(22)20-7-9-21(10-8-20)26(27,28)29/h6-11,18,32H,2-5,13-14,16-17H2,1H3. The lowest BCUT2D eigenvalue weighted by molar-refractivity contribution is -0.137. The number of hydrogen-bond acceptors (Lipinski definition) is 4. The molecular formula is C26H27F3N2OS. The molecule has 3 aromatic rings. The number of β-amino-alcohol motifs (C(OH)–C–C–N with tert-alkyl or cyclic N) is 1. The van der Waals surface area contributed by atoms with E-state index in [0.29, 0.717) is 17.8 Å². The van der Waals surface area contributed by atoms with Gasteiger partial charge in [0.2, 0.25) is 0 Å². The number of aromatic nitrogens is 1. The second-order valence-corrected chi connectivity index (χ2v) is 9.27. The number of hydrogen-bond donors (Lipinski definition) is 1. The van der Waals surface area contributed by atoms with E-state index in [1.54, 1.807) is 0 Å². The van der Waals surface area contributed by atoms with Crippen molar-refractivity contribution in [1.29, 1.82) is 0 Å². The van der Waals surface area contributed by atoms with Crippen LogP contribution < -0.4 is 0 Å². The molecular weight excluding hydrogens is 445 g/mol. The van der Waals surface area contributed by atoms with Crippen LogP contribution in [-0.4, -0.2) is 39.6 Å². The highest BCUT2D eigenvalue weighted by Gasteiger charge is 2.35. The highest BCUT2D eigenvalue weighted by molar-refractivity contribution is 7.13. The van der Waals surface area contributed by atoms with E-state index in [0.717, 1.165) is 60.0 Å². The summed E-state index contributed by atoms with van der Waals surface area (Å²) in [5.41, 5.74) is 1.38. The molecule has 7 heteroatoms. The number of alkyl halides is 3. The Morgan fingerprint density at radius 2 is 1.82 bits per heavy atom. The van der Waals surface area contributed by atoms with Crippen molar-refractivity contribution in [3.63, 3.8) is 0 Å². The van der Waals surface area contributed by atoms with Crippen molar-refractivity contribution in [3.05, 3.63) is 53.6 Å². The summed E-state index contributed by atoms with van der Waals surface area (Å²) in [6.45, 7) is 3.70. The first kappa shape index (κ1) is 23.7. The van der Waals surface area contributed by atoms with E-state index in [9.17, 15) is 18.3 Å². The minimum Gasteiger partial charge on any atom is -0.395 e. The van der Waals surface area contributed by atoms with Crippen LogP contribution in [0.4, 0.5) is 13.2 Å². The quantitative estimate of drug-likeness (QED) is 0.440. The minimum atomic E-state index is -4.35. The molecule has 0 aliphatic heterocycles. The molecule has 0 amide bonds. The van der Waals surface area contributed by atoms with Crippen molar-refractivity contribution in [2.75, 3.05) is 19.7 Å². The van der Waals surface area contributed by atoms with E-state index in [4.69, 9.17) is 0 Å². The molecule has 0 radical (unpaired) electrons. The lowest BCUT2D eigenvalue weighted by Gasteiger charge is -2.42. The van der Waals surface area contributed by atoms with Gasteiger partial charge >= 0.3 is 6.18 Å². The second-order valence-electron chi connectivity index (χ2n) is 8.46. The third-order valence-electron chi connectivity index (χ3n) is 6.43. The molecule has 2 aromatic carbocycles. The van der Waals surface area contributed by atoms with Crippen LogP contribution in [-0.2, 0) is 6.18 Å². The van der Waals surface area contributed by atoms with Crippen LogP contribution in [0.5, 0.6) is 0 Å². The molecule has 1 saturated carbocycles. The maximum Gasteiger partial charge on any atom is 0.416 e. The Balaban J connectivity index is 1.63. The third-order valence-corrected chi connectivity index (χ3v) is 7.24. The van der Waals surface area contributed by atoms with Crippen LogP contribution in [0.3, 0.4) is 0 Å². The molecule has 174 valence electrons. The van der Waals surface area contributed by atoms with Gasteiger partial charge in [-0.1, -0.05) is 56.2 Å². The van der Waals surface area contributed by atoms with Gasteiger partial charge in [0.1, 0.15) is 0 Å². The molecule has 0 atom stereocenters. The summed E-state index contributed by atoms with van der Waals surface area (Å²) in [5, 5.41) is 10.4. The maximum atomic E-state index is 12.9. The van der Waals surface area contributed by atoms with Crippen molar-refractivity contribution in [2.45, 2.75) is 50.7 Å². The second kappa shape index (κ2) is 9.84. The Kier molecular flexibility index (Phi) is 7.08. The number of aliphatic hydroxyl groups is 1. The van der Waals surface area contributed by atoms with Gasteiger partial charge < -0.3 is 5.11 Å². The first-order valence-electron chi connectivity index (χ1n) is 11.3. The average Bonchev–Trinajstić information content (AvgIpc) is 3.24. The van der Waals surface area contributed by atoms with Gasteiger partial charge in [0.15, 0.2) is 0 Å². The fourth-order valence-corrected chi connectivity index (χ4v) is 5.52. The number of benzene rings is 2. The minimum absolute atomic E-state index is 0.122. The van der Waals surface area contributed by atoms with E-state index in [1.165, 1.54) is 30.1 Å². The molecule has 3 nitrogen and oxygen atoms in total. The van der Waals surface area contributed by atoms with Gasteiger partial charge in [-0.2, -0.15) is 17.5 Å². The molecule has 1 N–H and O–H groups in total. The first-order valence-corrected chi connectivity index (χ1v) is 12.1. The summed E-state index contributed by atoms with van der Waals surface area (Å²) in [6.07, 6.45) is 1.17. The van der Waals surface area contributed by atoms with E-state index < -0.39 is 11.7 Å². The van der Waals surface area contributed by atoms with Crippen molar-refractivity contribution in [2.24, 2.45) is 0 Å². The smallest absolute Gasteiger partial charge is 0.395 e. The van der Waals surface area contributed by atoms with Crippen molar-refractivity contribution in [1.82, 2.24) is 9.27 Å². The first-order chi connectivity index (χ1) is 15.9. The zero-order chi connectivity index (χ0) is 23.5. The molecule has 1 fully saturated rings. The van der Waals surface area contributed by atoms with Crippen LogP contribution >= 0.6 is 11.5 Å². The Labute approximate surface area is 196 Å². The van der Waals surface area contributed by atoms with Crippen molar-refractivity contribution < 1.29 is 18.3 Å². The summed E-state index contributed by atoms with van der Waals surface area (Å²) in [7, 11) is 0. The summed E-state index contributed by atoms with van der Waals surface area (Å²) in [6, 6.07) is 11.0. The zero-order valence-corrected chi connectivity index (χ0v) is 19.4. The number of rotatable bonds is 5. The number of nitrogens with zero attached hydrogens (tertiary/aromatic N) is 2. The van der Waals surface area contributed by atoms with E-state index >= 15 is 0 Å². The Bertz CT molecular complexity index is 1150. The maximum absolute atomic E-state index is 12.9. The van der Waals surface area contributed by atoms with Gasteiger partial charge in [-0.25, -0.2) is 0 Å². The fraction of sp³-hybridized carbons (Fsp3) is 0.423. The summed E-state index contributed by atoms with van der Waals surface area (Å²) in [5.74, 6) is 6.93.